The molecule has 8 heteroatoms. The van der Waals surface area contributed by atoms with Crippen molar-refractivity contribution in [3.8, 4) is 0 Å². The van der Waals surface area contributed by atoms with E-state index in [1.165, 1.54) is 6.07 Å². The van der Waals surface area contributed by atoms with Gasteiger partial charge in [0.15, 0.2) is 0 Å². The maximum Gasteiger partial charge on any atom is 0.433 e. The van der Waals surface area contributed by atoms with Gasteiger partial charge < -0.3 is 9.15 Å². The van der Waals surface area contributed by atoms with E-state index in [9.17, 15) is 14.9 Å². The van der Waals surface area contributed by atoms with E-state index >= 15 is 0 Å². The van der Waals surface area contributed by atoms with Crippen molar-refractivity contribution in [1.29, 1.82) is 0 Å². The van der Waals surface area contributed by atoms with Gasteiger partial charge in [-0.05, 0) is 37.1 Å². The van der Waals surface area contributed by atoms with Crippen LogP contribution in [0.4, 0.5) is 5.88 Å². The summed E-state index contributed by atoms with van der Waals surface area (Å²) in [6.07, 6.45) is 0. The number of fused-ring (bicyclic) bond motifs is 1. The van der Waals surface area contributed by atoms with E-state index in [1.807, 2.05) is 26.0 Å². The van der Waals surface area contributed by atoms with Gasteiger partial charge in [0.2, 0.25) is 5.76 Å². The molecule has 0 amide bonds. The lowest BCUT2D eigenvalue weighted by Gasteiger charge is -2.09. The molecule has 0 N–H and O–H groups in total. The Bertz CT molecular complexity index is 996. The summed E-state index contributed by atoms with van der Waals surface area (Å²) in [6.45, 7) is 3.83. The molecule has 2 heterocycles. The average Bonchev–Trinajstić information content (AvgIpc) is 3.07. The van der Waals surface area contributed by atoms with Gasteiger partial charge in [-0.25, -0.2) is 9.78 Å². The van der Waals surface area contributed by atoms with E-state index in [1.54, 1.807) is 6.07 Å². The standard InChI is InChI=1S/C17H13ClN2O5/c1-9-3-4-11-7-12(16(18)19-15(11)10(9)2)8-24-17(21)13-5-6-14(25-13)20(22)23/h3-7H,8H2,1-2H3. The van der Waals surface area contributed by atoms with Gasteiger partial charge in [0, 0.05) is 10.9 Å². The van der Waals surface area contributed by atoms with Crippen molar-refractivity contribution in [1.82, 2.24) is 4.98 Å². The first-order valence-electron chi connectivity index (χ1n) is 7.33. The van der Waals surface area contributed by atoms with Gasteiger partial charge in [-0.2, -0.15) is 0 Å². The van der Waals surface area contributed by atoms with E-state index in [4.69, 9.17) is 20.8 Å². The maximum atomic E-state index is 11.9. The molecule has 0 unspecified atom stereocenters. The molecule has 0 bridgehead atoms. The van der Waals surface area contributed by atoms with E-state index in [2.05, 4.69) is 4.98 Å². The van der Waals surface area contributed by atoms with Crippen LogP contribution in [-0.2, 0) is 11.3 Å². The molecular weight excluding hydrogens is 348 g/mol. The van der Waals surface area contributed by atoms with Crippen LogP contribution in [0.1, 0.15) is 27.2 Å². The lowest BCUT2D eigenvalue weighted by molar-refractivity contribution is -0.402. The lowest BCUT2D eigenvalue weighted by atomic mass is 10.0. The van der Waals surface area contributed by atoms with Gasteiger partial charge in [-0.15, -0.1) is 0 Å². The van der Waals surface area contributed by atoms with Crippen LogP contribution < -0.4 is 0 Å². The second-order valence-electron chi connectivity index (χ2n) is 5.49. The summed E-state index contributed by atoms with van der Waals surface area (Å²) in [5, 5.41) is 11.7. The van der Waals surface area contributed by atoms with Crippen molar-refractivity contribution < 1.29 is 18.9 Å². The SMILES string of the molecule is Cc1ccc2cc(COC(=O)c3ccc([N+](=O)[O-])o3)c(Cl)nc2c1C. The molecule has 0 aliphatic heterocycles. The van der Waals surface area contributed by atoms with Crippen LogP contribution in [0.2, 0.25) is 5.15 Å². The number of benzene rings is 1. The lowest BCUT2D eigenvalue weighted by Crippen LogP contribution is -2.05. The molecule has 0 spiro atoms. The number of furan rings is 1. The van der Waals surface area contributed by atoms with E-state index in [0.29, 0.717) is 5.56 Å². The Balaban J connectivity index is 1.80. The van der Waals surface area contributed by atoms with E-state index in [-0.39, 0.29) is 17.5 Å². The van der Waals surface area contributed by atoms with Crippen LogP contribution in [0, 0.1) is 24.0 Å². The quantitative estimate of drug-likeness (QED) is 0.297. The zero-order valence-corrected chi connectivity index (χ0v) is 14.2. The largest absolute Gasteiger partial charge is 0.455 e. The highest BCUT2D eigenvalue weighted by molar-refractivity contribution is 6.30. The monoisotopic (exact) mass is 360 g/mol. The van der Waals surface area contributed by atoms with Crippen molar-refractivity contribution >= 4 is 34.4 Å². The molecule has 128 valence electrons. The normalized spacial score (nSPS) is 10.8. The van der Waals surface area contributed by atoms with Crippen molar-refractivity contribution in [2.24, 2.45) is 0 Å². The minimum atomic E-state index is -0.815. The van der Waals surface area contributed by atoms with Crippen LogP contribution >= 0.6 is 11.6 Å². The summed E-state index contributed by atoms with van der Waals surface area (Å²) < 4.78 is 9.91. The Morgan fingerprint density at radius 2 is 2.08 bits per heavy atom. The van der Waals surface area contributed by atoms with Gasteiger partial charge >= 0.3 is 11.9 Å². The number of esters is 1. The summed E-state index contributed by atoms with van der Waals surface area (Å²) in [7, 11) is 0. The number of halogens is 1. The van der Waals surface area contributed by atoms with Crippen molar-refractivity contribution in [3.05, 3.63) is 68.0 Å². The third-order valence-electron chi connectivity index (χ3n) is 3.87. The first kappa shape index (κ1) is 16.9. The minimum Gasteiger partial charge on any atom is -0.455 e. The highest BCUT2D eigenvalue weighted by Gasteiger charge is 2.19. The molecule has 0 fully saturated rings. The number of pyridine rings is 1. The second kappa shape index (κ2) is 6.52. The smallest absolute Gasteiger partial charge is 0.433 e. The third kappa shape index (κ3) is 3.32. The van der Waals surface area contributed by atoms with Crippen LogP contribution in [0.3, 0.4) is 0 Å². The number of aryl methyl sites for hydroxylation is 2. The van der Waals surface area contributed by atoms with Gasteiger partial charge in [-0.3, -0.25) is 10.1 Å². The van der Waals surface area contributed by atoms with Crippen LogP contribution in [0.15, 0.2) is 34.7 Å². The van der Waals surface area contributed by atoms with Crippen molar-refractivity contribution in [2.45, 2.75) is 20.5 Å². The molecule has 25 heavy (non-hydrogen) atoms. The summed E-state index contributed by atoms with van der Waals surface area (Å²) in [6, 6.07) is 7.97. The topological polar surface area (TPSA) is 95.5 Å². The van der Waals surface area contributed by atoms with Gasteiger partial charge in [-0.1, -0.05) is 23.7 Å². The highest BCUT2D eigenvalue weighted by atomic mass is 35.5. The van der Waals surface area contributed by atoms with Gasteiger partial charge in [0.1, 0.15) is 16.7 Å². The number of carbonyl (C=O) groups is 1. The van der Waals surface area contributed by atoms with E-state index in [0.717, 1.165) is 28.1 Å². The minimum absolute atomic E-state index is 0.123. The van der Waals surface area contributed by atoms with E-state index < -0.39 is 16.8 Å². The molecule has 0 saturated carbocycles. The summed E-state index contributed by atoms with van der Waals surface area (Å²) in [5.74, 6) is -1.59. The highest BCUT2D eigenvalue weighted by Crippen LogP contribution is 2.26. The predicted molar refractivity (Wildman–Crippen MR) is 90.7 cm³/mol. The van der Waals surface area contributed by atoms with Crippen molar-refractivity contribution in [2.75, 3.05) is 0 Å². The zero-order chi connectivity index (χ0) is 18.1. The number of hydrogen-bond donors (Lipinski definition) is 0. The maximum absolute atomic E-state index is 11.9. The molecular formula is C17H13ClN2O5. The fourth-order valence-corrected chi connectivity index (χ4v) is 2.55. The fraction of sp³-hybridized carbons (Fsp3) is 0.176. The number of nitro groups is 1. The Kier molecular flexibility index (Phi) is 4.41. The zero-order valence-electron chi connectivity index (χ0n) is 13.4. The van der Waals surface area contributed by atoms with Crippen molar-refractivity contribution in [3.63, 3.8) is 0 Å². The number of rotatable bonds is 4. The van der Waals surface area contributed by atoms with Gasteiger partial charge in [0.25, 0.3) is 0 Å². The summed E-state index contributed by atoms with van der Waals surface area (Å²) in [4.78, 5) is 26.1. The Morgan fingerprint density at radius 1 is 1.32 bits per heavy atom. The Morgan fingerprint density at radius 3 is 2.76 bits per heavy atom. The molecule has 3 rings (SSSR count). The molecule has 0 atom stereocenters. The number of ether oxygens (including phenoxy) is 1. The van der Waals surface area contributed by atoms with Gasteiger partial charge in [0.05, 0.1) is 11.6 Å². The molecule has 3 aromatic rings. The summed E-state index contributed by atoms with van der Waals surface area (Å²) >= 11 is 6.19. The van der Waals surface area contributed by atoms with Crippen LogP contribution in [0.25, 0.3) is 10.9 Å². The molecule has 0 aliphatic carbocycles. The molecule has 0 aliphatic rings. The van der Waals surface area contributed by atoms with Crippen LogP contribution in [-0.4, -0.2) is 15.9 Å². The molecule has 7 nitrogen and oxygen atoms in total. The Labute approximate surface area is 147 Å². The fourth-order valence-electron chi connectivity index (χ4n) is 2.36. The average molecular weight is 361 g/mol. The Hall–Kier alpha value is -2.93. The molecule has 1 aromatic carbocycles. The predicted octanol–water partition coefficient (Wildman–Crippen LogP) is 4.36. The molecule has 0 saturated heterocycles. The third-order valence-corrected chi connectivity index (χ3v) is 4.20. The molecule has 2 aromatic heterocycles. The summed E-state index contributed by atoms with van der Waals surface area (Å²) in [5.41, 5.74) is 3.47. The second-order valence-corrected chi connectivity index (χ2v) is 5.85. The number of aromatic nitrogens is 1. The number of carbonyl (C=O) groups excluding carboxylic acids is 1. The number of hydrogen-bond acceptors (Lipinski definition) is 6. The van der Waals surface area contributed by atoms with Crippen LogP contribution in [0.5, 0.6) is 0 Å². The molecule has 0 radical (unpaired) electrons. The first-order chi connectivity index (χ1) is 11.9. The number of nitrogens with zero attached hydrogens (tertiary/aromatic N) is 2. The first-order valence-corrected chi connectivity index (χ1v) is 7.71.